The molecule has 12 rings (SSSR count). The highest BCUT2D eigenvalue weighted by molar-refractivity contribution is 6.81. The SMILES string of the molecule is C=CC[C@H]1C(=O)N(C(=O)N[C@H](CC)c2ccccc2)[C@@H]1C(=O)OCc1ccc(OC)cc1.C=CC[C@H]1C(=O)N(C(=O)N[C@H](CC)c2ccccc2)[C@@H]1C(=O)OCc1ccc(OC)cc1.C=CC[C@H]1C(=O)N([Si](C)(C)C(C)(C)C)[C@@H]1C(=O)O.C=CC[C@H]1C(=O)N([Si](C)(C)C(C)(C)C)[C@@H]1C(=O)OCc1ccc(OC)cc1.C=CC[C@H]1C(=O)N[C@@H]1C(=O)OCc1ccc(OC)cc1.CC(=O)O.CC(C)(C)[Si](C)(C)N1C(=O)C[C@H]1C(=O)O. The second kappa shape index (κ2) is 55.1. The predicted molar refractivity (Wildman–Crippen MR) is 569 cm³/mol. The summed E-state index contributed by atoms with van der Waals surface area (Å²) in [6.45, 7) is 55.0. The van der Waals surface area contributed by atoms with Gasteiger partial charge in [-0.25, -0.2) is 43.4 Å². The molecule has 6 aliphatic rings. The maximum Gasteiger partial charge on any atom is 0.330 e. The first-order valence-electron chi connectivity index (χ1n) is 49.1. The van der Waals surface area contributed by atoms with Crippen LogP contribution in [0.25, 0.3) is 0 Å². The van der Waals surface area contributed by atoms with Crippen LogP contribution in [-0.4, -0.2) is 218 Å². The number of nitrogens with one attached hydrogen (secondary N) is 3. The molecule has 0 bridgehead atoms. The average molecular weight is 2100 g/mol. The van der Waals surface area contributed by atoms with Crippen LogP contribution in [0.2, 0.25) is 54.4 Å². The van der Waals surface area contributed by atoms with Gasteiger partial charge in [0.2, 0.25) is 35.4 Å². The van der Waals surface area contributed by atoms with Crippen molar-refractivity contribution >= 4 is 114 Å². The second-order valence-electron chi connectivity index (χ2n) is 40.8. The molecule has 0 saturated carbocycles. The van der Waals surface area contributed by atoms with E-state index < -0.39 is 138 Å². The zero-order valence-electron chi connectivity index (χ0n) is 89.4. The molecule has 6 aromatic rings. The van der Waals surface area contributed by atoms with Crippen molar-refractivity contribution in [3.8, 4) is 23.0 Å². The lowest BCUT2D eigenvalue weighted by molar-refractivity contribution is -0.170. The van der Waals surface area contributed by atoms with Crippen LogP contribution in [-0.2, 0) is 108 Å². The minimum absolute atomic E-state index is 0.00319. The van der Waals surface area contributed by atoms with Gasteiger partial charge in [-0.3, -0.25) is 38.4 Å². The van der Waals surface area contributed by atoms with Gasteiger partial charge in [-0.15, -0.1) is 32.9 Å². The number of likely N-dealkylation sites (tertiary alicyclic amines) is 2. The Bertz CT molecular complexity index is 5470. The number of carboxylic acid groups (broad SMARTS) is 3. The molecular formula is C111H150N8O26Si3. The lowest BCUT2D eigenvalue weighted by atomic mass is 9.85. The number of amides is 10. The minimum Gasteiger partial charge on any atom is -0.497 e. The zero-order valence-corrected chi connectivity index (χ0v) is 92.4. The number of esters is 4. The highest BCUT2D eigenvalue weighted by Crippen LogP contribution is 2.49. The van der Waals surface area contributed by atoms with Crippen LogP contribution >= 0.6 is 0 Å². The van der Waals surface area contributed by atoms with Crippen LogP contribution in [0.5, 0.6) is 23.0 Å². The Morgan fingerprint density at radius 2 is 0.649 bits per heavy atom. The topological polar surface area (TPSA) is 443 Å². The molecular weight excluding hydrogens is 1950 g/mol. The Kier molecular flexibility index (Phi) is 45.6. The number of rotatable bonds is 37. The molecule has 34 nitrogen and oxygen atoms in total. The van der Waals surface area contributed by atoms with Gasteiger partial charge < -0.3 is 82.9 Å². The lowest BCUT2D eigenvalue weighted by Gasteiger charge is -2.57. The molecule has 6 saturated heterocycles. The van der Waals surface area contributed by atoms with Crippen molar-refractivity contribution in [2.75, 3.05) is 28.4 Å². The first-order valence-corrected chi connectivity index (χ1v) is 57.9. The van der Waals surface area contributed by atoms with Crippen LogP contribution in [0.4, 0.5) is 9.59 Å². The number of carbonyl (C=O) groups is 15. The van der Waals surface area contributed by atoms with Gasteiger partial charge >= 0.3 is 47.9 Å². The Balaban J connectivity index is 0.000000274. The normalized spacial score (nSPS) is 19.8. The monoisotopic (exact) mass is 2090 g/mol. The molecule has 13 atom stereocenters. The van der Waals surface area contributed by atoms with Crippen molar-refractivity contribution in [1.82, 2.24) is 39.4 Å². The molecule has 6 N–H and O–H groups in total. The molecule has 6 fully saturated rings. The molecule has 6 aliphatic heterocycles. The van der Waals surface area contributed by atoms with E-state index >= 15 is 0 Å². The molecule has 37 heteroatoms. The molecule has 0 radical (unpaired) electrons. The number of hydrogen-bond donors (Lipinski definition) is 6. The number of urea groups is 2. The number of hydrogen-bond acceptors (Lipinski definition) is 23. The fourth-order valence-electron chi connectivity index (χ4n) is 16.6. The second-order valence-corrected chi connectivity index (χ2v) is 56.1. The molecule has 10 amide bonds. The number of aliphatic carboxylic acids is 3. The van der Waals surface area contributed by atoms with E-state index in [0.717, 1.165) is 61.6 Å². The van der Waals surface area contributed by atoms with Crippen molar-refractivity contribution in [3.63, 3.8) is 0 Å². The number of ether oxygens (including phenoxy) is 8. The summed E-state index contributed by atoms with van der Waals surface area (Å²) in [5.74, 6) is -5.04. The van der Waals surface area contributed by atoms with Crippen LogP contribution < -0.4 is 34.9 Å². The number of benzene rings is 6. The third-order valence-corrected chi connectivity index (χ3v) is 44.4. The summed E-state index contributed by atoms with van der Waals surface area (Å²) in [6.07, 6.45) is 11.6. The molecule has 0 unspecified atom stereocenters. The number of β-lactam (4-membered cyclic amide) rings is 6. The summed E-state index contributed by atoms with van der Waals surface area (Å²) >= 11 is 0. The van der Waals surface area contributed by atoms with E-state index in [1.165, 1.54) is 0 Å². The Hall–Kier alpha value is -14.1. The quantitative estimate of drug-likeness (QED) is 0.00693. The summed E-state index contributed by atoms with van der Waals surface area (Å²) in [5.41, 5.74) is 5.15. The van der Waals surface area contributed by atoms with Crippen molar-refractivity contribution in [2.24, 2.45) is 29.6 Å². The molecule has 0 aliphatic carbocycles. The maximum absolute atomic E-state index is 12.9. The van der Waals surface area contributed by atoms with E-state index in [1.807, 2.05) is 115 Å². The van der Waals surface area contributed by atoms with Gasteiger partial charge in [-0.1, -0.05) is 255 Å². The number of carbonyl (C=O) groups excluding carboxylic acids is 12. The van der Waals surface area contributed by atoms with Crippen LogP contribution in [0.3, 0.4) is 0 Å². The van der Waals surface area contributed by atoms with Crippen LogP contribution in [0.1, 0.15) is 180 Å². The van der Waals surface area contributed by atoms with Gasteiger partial charge in [0.25, 0.3) is 5.97 Å². The van der Waals surface area contributed by atoms with Crippen molar-refractivity contribution < 1.29 is 125 Å². The Morgan fingerprint density at radius 3 is 0.905 bits per heavy atom. The highest BCUT2D eigenvalue weighted by atomic mass is 28.3. The van der Waals surface area contributed by atoms with E-state index in [0.29, 0.717) is 56.4 Å². The summed E-state index contributed by atoms with van der Waals surface area (Å²) in [6, 6.07) is 41.8. The third kappa shape index (κ3) is 31.0. The average Bonchev–Trinajstić information content (AvgIpc) is 0.719. The van der Waals surface area contributed by atoms with Crippen molar-refractivity contribution in [3.05, 3.63) is 254 Å². The summed E-state index contributed by atoms with van der Waals surface area (Å²) in [7, 11) is 0.0551. The number of carboxylic acids is 3. The molecule has 0 spiro atoms. The first kappa shape index (κ1) is 123. The smallest absolute Gasteiger partial charge is 0.330 e. The van der Waals surface area contributed by atoms with Gasteiger partial charge in [0.1, 0.15) is 73.6 Å². The molecule has 0 aromatic heterocycles. The Labute approximate surface area is 872 Å². The first-order chi connectivity index (χ1) is 69.6. The standard InChI is InChI=1S/2C25H28N2O5.C21H31NO4Si.C15H17NO4.C13H23NO3Si.C10H19NO3Si.C2H4O2/c2*1-4-9-20-22(24(29)32-16-17-12-14-19(31-3)15-13-17)27(23(20)28)25(30)26-21(5-2)18-10-7-6-8-11-18;1-8-9-17-18(22(19(17)23)27(6,7)21(2,3)4)20(24)26-14-15-10-12-16(25-5)13-11-15;1-3-4-12-13(16-14(12)17)15(18)20-9-10-5-7-11(19-2)8-6-10;1-7-8-9-10(12(16)17)14(11(9)15)18(5,6)13(2,3)4;1-10(2,3)15(4,5)11-7(9(13)14)6-8(11)12;1-2(3)4/h2*4,6-8,10-15,20-22H,1,5,9,16H2,2-3H3,(H,26,30);8,10-13,17-18H,1,9,14H2,2-7H3;3,5-8,12-13H,1,4,9H2,2H3,(H,16,17);7,9-10H,1,8H2,2-6H3,(H,16,17);7H,6H2,1-5H3,(H,13,14);1H3,(H,3,4)/t2*20-,21-,22+;17-,18+;12-,13+;9-,10+;7-;/m111110./s1. The minimum atomic E-state index is -2.17. The van der Waals surface area contributed by atoms with Crippen LogP contribution in [0.15, 0.2) is 221 Å². The van der Waals surface area contributed by atoms with Crippen LogP contribution in [0, 0.1) is 29.6 Å². The van der Waals surface area contributed by atoms with Gasteiger partial charge in [0.05, 0.1) is 76.5 Å². The van der Waals surface area contributed by atoms with E-state index in [9.17, 15) is 72.2 Å². The number of nitrogens with zero attached hydrogens (tertiary/aromatic N) is 5. The van der Waals surface area contributed by atoms with Crippen molar-refractivity contribution in [1.29, 1.82) is 0 Å². The number of imide groups is 2. The Morgan fingerprint density at radius 1 is 0.385 bits per heavy atom. The third-order valence-electron chi connectivity index (χ3n) is 28.2. The van der Waals surface area contributed by atoms with Gasteiger partial charge in [-0.05, 0) is 142 Å². The fourth-order valence-corrected chi connectivity index (χ4v) is 23.8. The zero-order chi connectivity index (χ0) is 111. The molecule has 148 heavy (non-hydrogen) atoms. The van der Waals surface area contributed by atoms with Crippen molar-refractivity contribution in [2.45, 2.75) is 264 Å². The summed E-state index contributed by atoms with van der Waals surface area (Å²) in [5, 5.41) is 33.9. The highest BCUT2D eigenvalue weighted by Gasteiger charge is 2.63. The predicted octanol–water partition coefficient (Wildman–Crippen LogP) is 17.8. The fraction of sp³-hybridized carbons (Fsp3) is 0.450. The van der Waals surface area contributed by atoms with E-state index in [4.69, 9.17) is 52.9 Å². The summed E-state index contributed by atoms with van der Waals surface area (Å²) in [4.78, 5) is 183. The summed E-state index contributed by atoms with van der Waals surface area (Å²) < 4.78 is 47.2. The molecule has 802 valence electrons. The largest absolute Gasteiger partial charge is 0.497 e. The number of allylic oxidation sites excluding steroid dienone is 5. The maximum atomic E-state index is 12.9. The van der Waals surface area contributed by atoms with Gasteiger partial charge in [0.15, 0.2) is 36.8 Å². The van der Waals surface area contributed by atoms with Gasteiger partial charge in [-0.2, -0.15) is 0 Å². The molecule has 6 aromatic carbocycles. The van der Waals surface area contributed by atoms with E-state index in [-0.39, 0.29) is 101 Å². The number of methoxy groups -OCH3 is 4. The van der Waals surface area contributed by atoms with E-state index in [1.54, 1.807) is 129 Å². The van der Waals surface area contributed by atoms with Gasteiger partial charge in [0, 0.05) is 6.92 Å². The lowest BCUT2D eigenvalue weighted by Crippen LogP contribution is -2.74. The molecule has 6 heterocycles. The van der Waals surface area contributed by atoms with E-state index in [2.05, 4.69) is 150 Å².